The number of amides is 1. The van der Waals surface area contributed by atoms with E-state index in [2.05, 4.69) is 5.32 Å². The van der Waals surface area contributed by atoms with E-state index in [4.69, 9.17) is 40.2 Å². The molecule has 170 valence electrons. The third-order valence-corrected chi connectivity index (χ3v) is 5.65. The average Bonchev–Trinajstić information content (AvgIpc) is 2.79. The highest BCUT2D eigenvalue weighted by molar-refractivity contribution is 7.80. The lowest BCUT2D eigenvalue weighted by Gasteiger charge is -2.26. The molecule has 0 unspecified atom stereocenters. The molecule has 0 aliphatic rings. The Bertz CT molecular complexity index is 1170. The number of carbonyl (C=O) groups is 2. The van der Waals surface area contributed by atoms with Crippen molar-refractivity contribution in [2.45, 2.75) is 13.5 Å². The molecule has 0 atom stereocenters. The molecule has 33 heavy (non-hydrogen) atoms. The molecule has 0 aromatic heterocycles. The van der Waals surface area contributed by atoms with Crippen LogP contribution in [0.25, 0.3) is 0 Å². The minimum atomic E-state index is -0.571. The lowest BCUT2D eigenvalue weighted by molar-refractivity contribution is 0.0526. The Morgan fingerprint density at radius 3 is 2.24 bits per heavy atom. The summed E-state index contributed by atoms with van der Waals surface area (Å²) in [4.78, 5) is 26.2. The highest BCUT2D eigenvalue weighted by Crippen LogP contribution is 2.28. The molecule has 5 nitrogen and oxygen atoms in total. The van der Waals surface area contributed by atoms with Crippen LogP contribution in [0.3, 0.4) is 0 Å². The molecule has 3 aromatic carbocycles. The summed E-state index contributed by atoms with van der Waals surface area (Å²) in [6.07, 6.45) is 0. The standard InChI is InChI=1S/C24H19Cl2FN2O3S/c1-2-32-23(31)15-9-11-18(12-10-15)29(14-19-20(25)7-4-8-21(19)26)24(33)28-22(30)16-5-3-6-17(27)13-16/h3-13H,2,14H2,1H3,(H,28,30,33). The fourth-order valence-electron chi connectivity index (χ4n) is 2.98. The maximum absolute atomic E-state index is 13.5. The molecule has 0 heterocycles. The Balaban J connectivity index is 1.92. The van der Waals surface area contributed by atoms with Gasteiger partial charge in [0, 0.05) is 26.9 Å². The summed E-state index contributed by atoms with van der Waals surface area (Å²) < 4.78 is 18.5. The van der Waals surface area contributed by atoms with Crippen LogP contribution >= 0.6 is 35.4 Å². The molecule has 0 radical (unpaired) electrons. The van der Waals surface area contributed by atoms with Gasteiger partial charge in [0.15, 0.2) is 5.11 Å². The number of hydrogen-bond acceptors (Lipinski definition) is 4. The van der Waals surface area contributed by atoms with Crippen molar-refractivity contribution < 1.29 is 18.7 Å². The Kier molecular flexibility index (Phi) is 8.38. The van der Waals surface area contributed by atoms with Gasteiger partial charge in [0.1, 0.15) is 5.82 Å². The topological polar surface area (TPSA) is 58.6 Å². The summed E-state index contributed by atoms with van der Waals surface area (Å²) >= 11 is 18.2. The Morgan fingerprint density at radius 1 is 1.00 bits per heavy atom. The molecule has 9 heteroatoms. The van der Waals surface area contributed by atoms with Gasteiger partial charge in [-0.2, -0.15) is 0 Å². The van der Waals surface area contributed by atoms with Crippen LogP contribution in [0, 0.1) is 5.82 Å². The van der Waals surface area contributed by atoms with E-state index in [1.165, 1.54) is 18.2 Å². The molecule has 3 aromatic rings. The van der Waals surface area contributed by atoms with Gasteiger partial charge in [0.25, 0.3) is 5.91 Å². The van der Waals surface area contributed by atoms with E-state index in [-0.39, 0.29) is 23.8 Å². The van der Waals surface area contributed by atoms with E-state index in [1.54, 1.807) is 54.3 Å². The molecular formula is C24H19Cl2FN2O3S. The third-order valence-electron chi connectivity index (χ3n) is 4.62. The first-order valence-electron chi connectivity index (χ1n) is 9.88. The van der Waals surface area contributed by atoms with E-state index < -0.39 is 17.7 Å². The highest BCUT2D eigenvalue weighted by atomic mass is 35.5. The van der Waals surface area contributed by atoms with Crippen LogP contribution in [0.1, 0.15) is 33.2 Å². The number of benzene rings is 3. The van der Waals surface area contributed by atoms with Crippen LogP contribution in [0.15, 0.2) is 66.7 Å². The number of nitrogens with zero attached hydrogens (tertiary/aromatic N) is 1. The van der Waals surface area contributed by atoms with Crippen molar-refractivity contribution in [1.82, 2.24) is 5.32 Å². The molecular weight excluding hydrogens is 486 g/mol. The van der Waals surface area contributed by atoms with Gasteiger partial charge in [-0.3, -0.25) is 10.1 Å². The predicted molar refractivity (Wildman–Crippen MR) is 132 cm³/mol. The number of rotatable bonds is 6. The molecule has 0 saturated heterocycles. The Morgan fingerprint density at radius 2 is 1.64 bits per heavy atom. The van der Waals surface area contributed by atoms with Crippen LogP contribution in [0.2, 0.25) is 10.0 Å². The SMILES string of the molecule is CCOC(=O)c1ccc(N(Cc2c(Cl)cccc2Cl)C(=S)NC(=O)c2cccc(F)c2)cc1. The van der Waals surface area contributed by atoms with Crippen LogP contribution < -0.4 is 10.2 Å². The first-order valence-corrected chi connectivity index (χ1v) is 11.0. The third kappa shape index (κ3) is 6.28. The van der Waals surface area contributed by atoms with E-state index >= 15 is 0 Å². The van der Waals surface area contributed by atoms with Crippen molar-refractivity contribution in [3.8, 4) is 0 Å². The highest BCUT2D eigenvalue weighted by Gasteiger charge is 2.20. The first-order chi connectivity index (χ1) is 15.8. The number of anilines is 1. The lowest BCUT2D eigenvalue weighted by Crippen LogP contribution is -2.42. The van der Waals surface area contributed by atoms with Crippen molar-refractivity contribution >= 4 is 58.1 Å². The van der Waals surface area contributed by atoms with Crippen LogP contribution in [-0.2, 0) is 11.3 Å². The smallest absolute Gasteiger partial charge is 0.338 e. The molecule has 0 spiro atoms. The Labute approximate surface area is 206 Å². The van der Waals surface area contributed by atoms with Crippen LogP contribution in [0.4, 0.5) is 10.1 Å². The van der Waals surface area contributed by atoms with Crippen molar-refractivity contribution in [3.05, 3.63) is 99.3 Å². The lowest BCUT2D eigenvalue weighted by atomic mass is 10.1. The number of esters is 1. The summed E-state index contributed by atoms with van der Waals surface area (Å²) in [5.74, 6) is -1.56. The Hall–Kier alpha value is -3.00. The maximum atomic E-state index is 13.5. The van der Waals surface area contributed by atoms with Gasteiger partial charge < -0.3 is 9.64 Å². The molecule has 0 bridgehead atoms. The minimum absolute atomic E-state index is 0.0455. The summed E-state index contributed by atoms with van der Waals surface area (Å²) in [5, 5.41) is 3.51. The van der Waals surface area contributed by atoms with E-state index in [1.807, 2.05) is 0 Å². The number of nitrogens with one attached hydrogen (secondary N) is 1. The van der Waals surface area contributed by atoms with Crippen molar-refractivity contribution in [3.63, 3.8) is 0 Å². The van der Waals surface area contributed by atoms with Crippen molar-refractivity contribution in [2.24, 2.45) is 0 Å². The van der Waals surface area contributed by atoms with Crippen molar-refractivity contribution in [1.29, 1.82) is 0 Å². The number of thiocarbonyl (C=S) groups is 1. The zero-order valence-corrected chi connectivity index (χ0v) is 19.8. The van der Waals surface area contributed by atoms with Gasteiger partial charge in [0.05, 0.1) is 18.7 Å². The minimum Gasteiger partial charge on any atom is -0.462 e. The van der Waals surface area contributed by atoms with E-state index in [0.29, 0.717) is 26.9 Å². The average molecular weight is 505 g/mol. The van der Waals surface area contributed by atoms with Crippen molar-refractivity contribution in [2.75, 3.05) is 11.5 Å². The van der Waals surface area contributed by atoms with Crippen LogP contribution in [0.5, 0.6) is 0 Å². The summed E-state index contributed by atoms with van der Waals surface area (Å²) in [6, 6.07) is 16.9. The fraction of sp³-hybridized carbons (Fsp3) is 0.125. The largest absolute Gasteiger partial charge is 0.462 e. The molecule has 0 fully saturated rings. The van der Waals surface area contributed by atoms with Gasteiger partial charge in [-0.1, -0.05) is 35.3 Å². The summed E-state index contributed by atoms with van der Waals surface area (Å²) in [6.45, 7) is 2.12. The number of hydrogen-bond donors (Lipinski definition) is 1. The number of carbonyl (C=O) groups excluding carboxylic acids is 2. The molecule has 0 aliphatic carbocycles. The fourth-order valence-corrected chi connectivity index (χ4v) is 3.76. The van der Waals surface area contributed by atoms with E-state index in [0.717, 1.165) is 6.07 Å². The molecule has 1 N–H and O–H groups in total. The zero-order valence-electron chi connectivity index (χ0n) is 17.5. The summed E-state index contributed by atoms with van der Waals surface area (Å²) in [5.41, 5.74) is 1.65. The van der Waals surface area contributed by atoms with Gasteiger partial charge >= 0.3 is 5.97 Å². The molecule has 0 aliphatic heterocycles. The van der Waals surface area contributed by atoms with Gasteiger partial charge in [-0.15, -0.1) is 0 Å². The summed E-state index contributed by atoms with van der Waals surface area (Å²) in [7, 11) is 0. The number of ether oxygens (including phenoxy) is 1. The van der Waals surface area contributed by atoms with Gasteiger partial charge in [-0.25, -0.2) is 9.18 Å². The second kappa shape index (κ2) is 11.2. The molecule has 1 amide bonds. The zero-order chi connectivity index (χ0) is 24.0. The second-order valence-corrected chi connectivity index (χ2v) is 8.02. The quantitative estimate of drug-likeness (QED) is 0.328. The van der Waals surface area contributed by atoms with Gasteiger partial charge in [-0.05, 0) is 73.7 Å². The maximum Gasteiger partial charge on any atom is 0.338 e. The number of halogens is 3. The predicted octanol–water partition coefficient (Wildman–Crippen LogP) is 6.03. The normalized spacial score (nSPS) is 10.4. The monoisotopic (exact) mass is 504 g/mol. The molecule has 3 rings (SSSR count). The van der Waals surface area contributed by atoms with E-state index in [9.17, 15) is 14.0 Å². The first kappa shape index (κ1) is 24.6. The van der Waals surface area contributed by atoms with Crippen LogP contribution in [-0.4, -0.2) is 23.6 Å². The molecule has 0 saturated carbocycles. The van der Waals surface area contributed by atoms with Gasteiger partial charge in [0.2, 0.25) is 0 Å². The second-order valence-electron chi connectivity index (χ2n) is 6.82.